The van der Waals surface area contributed by atoms with E-state index in [1.165, 1.54) is 0 Å². The highest BCUT2D eigenvalue weighted by Crippen LogP contribution is 2.34. The van der Waals surface area contributed by atoms with Crippen molar-refractivity contribution in [2.24, 2.45) is 0 Å². The van der Waals surface area contributed by atoms with Crippen molar-refractivity contribution in [1.29, 1.82) is 0 Å². The van der Waals surface area contributed by atoms with Crippen molar-refractivity contribution < 1.29 is 14.4 Å². The number of hydrogen-bond donors (Lipinski definition) is 0. The topological polar surface area (TPSA) is 41.5 Å². The van der Waals surface area contributed by atoms with Gasteiger partial charge in [0.1, 0.15) is 7.77 Å². The summed E-state index contributed by atoms with van der Waals surface area (Å²) >= 11 is 0. The molecule has 3 nitrogen and oxygen atoms in total. The predicted molar refractivity (Wildman–Crippen MR) is 54.9 cm³/mol. The molecule has 4 heteroatoms. The fraction of sp³-hybridized carbons (Fsp3) is 0.889. The molecule has 0 aliphatic carbocycles. The molecule has 0 rings (SSSR count). The lowest BCUT2D eigenvalue weighted by Crippen LogP contribution is -2.32. The second-order valence-corrected chi connectivity index (χ2v) is 4.51. The van der Waals surface area contributed by atoms with E-state index < -0.39 is 13.3 Å². The molecule has 0 heterocycles. The molecule has 0 aromatic rings. The summed E-state index contributed by atoms with van der Waals surface area (Å²) in [6.45, 7) is 8.43. The highest BCUT2D eigenvalue weighted by molar-refractivity contribution is 7.51. The van der Waals surface area contributed by atoms with Crippen LogP contribution in [0.3, 0.4) is 0 Å². The molecule has 0 aromatic carbocycles. The fourth-order valence-electron chi connectivity index (χ4n) is 1.04. The minimum absolute atomic E-state index is 0.509. The summed E-state index contributed by atoms with van der Waals surface area (Å²) < 4.78 is 10.7. The molecular formula is C9H19O3P. The van der Waals surface area contributed by atoms with Crippen molar-refractivity contribution in [2.75, 3.05) is 13.2 Å². The quantitative estimate of drug-likeness (QED) is 0.490. The zero-order valence-corrected chi connectivity index (χ0v) is 9.77. The van der Waals surface area contributed by atoms with Crippen LogP contribution in [0.2, 0.25) is 0 Å². The van der Waals surface area contributed by atoms with Gasteiger partial charge in [0.25, 0.3) is 0 Å². The molecule has 1 unspecified atom stereocenters. The average molecular weight is 206 g/mol. The average Bonchev–Trinajstić information content (AvgIpc) is 2.05. The van der Waals surface area contributed by atoms with E-state index in [4.69, 9.17) is 9.47 Å². The first-order valence-electron chi connectivity index (χ1n) is 4.68. The van der Waals surface area contributed by atoms with Gasteiger partial charge in [0.2, 0.25) is 0 Å². The van der Waals surface area contributed by atoms with Crippen LogP contribution in [-0.4, -0.2) is 24.5 Å². The maximum atomic E-state index is 11.7. The van der Waals surface area contributed by atoms with Gasteiger partial charge >= 0.3 is 5.53 Å². The van der Waals surface area contributed by atoms with Crippen LogP contribution in [0.4, 0.5) is 0 Å². The van der Waals surface area contributed by atoms with Crippen LogP contribution in [-0.2, 0) is 9.47 Å². The largest absolute Gasteiger partial charge is 0.626 e. The lowest BCUT2D eigenvalue weighted by atomic mass is 10.6. The number of hydrogen-bond acceptors (Lipinski definition) is 3. The van der Waals surface area contributed by atoms with E-state index in [9.17, 15) is 4.89 Å². The molecule has 0 spiro atoms. The van der Waals surface area contributed by atoms with Crippen LogP contribution in [0.5, 0.6) is 0 Å². The van der Waals surface area contributed by atoms with Crippen LogP contribution in [0.25, 0.3) is 0 Å². The van der Waals surface area contributed by atoms with Crippen LogP contribution in [0.1, 0.15) is 34.1 Å². The second kappa shape index (κ2) is 6.50. The lowest BCUT2D eigenvalue weighted by molar-refractivity contribution is -0.218. The number of rotatable bonds is 6. The zero-order valence-electron chi connectivity index (χ0n) is 8.87. The maximum Gasteiger partial charge on any atom is 0.327 e. The molecule has 0 aliphatic rings. The predicted octanol–water partition coefficient (Wildman–Crippen LogP) is 1.70. The van der Waals surface area contributed by atoms with E-state index in [1.54, 1.807) is 12.7 Å². The van der Waals surface area contributed by atoms with Gasteiger partial charge in [-0.2, -0.15) is 0 Å². The second-order valence-electron chi connectivity index (χ2n) is 2.68. The van der Waals surface area contributed by atoms with E-state index in [0.29, 0.717) is 13.2 Å². The van der Waals surface area contributed by atoms with Crippen LogP contribution < -0.4 is 4.89 Å². The Bertz CT molecular complexity index is 162. The molecule has 0 bridgehead atoms. The van der Waals surface area contributed by atoms with Gasteiger partial charge in [-0.1, -0.05) is 6.92 Å². The van der Waals surface area contributed by atoms with Crippen LogP contribution in [0, 0.1) is 0 Å². The smallest absolute Gasteiger partial charge is 0.327 e. The molecule has 0 amide bonds. The van der Waals surface area contributed by atoms with Gasteiger partial charge in [0.15, 0.2) is 0 Å². The molecule has 0 N–H and O–H groups in total. The molecular weight excluding hydrogens is 187 g/mol. The summed E-state index contributed by atoms with van der Waals surface area (Å²) in [6.07, 6.45) is 0.769. The normalized spacial score (nSPS) is 13.5. The van der Waals surface area contributed by atoms with E-state index in [1.807, 2.05) is 20.8 Å². The molecule has 0 aromatic heterocycles. The molecule has 13 heavy (non-hydrogen) atoms. The van der Waals surface area contributed by atoms with Gasteiger partial charge < -0.3 is 14.4 Å². The van der Waals surface area contributed by atoms with E-state index in [-0.39, 0.29) is 0 Å². The summed E-state index contributed by atoms with van der Waals surface area (Å²) in [5.74, 6) is 1.74. The van der Waals surface area contributed by atoms with Crippen molar-refractivity contribution in [2.45, 2.75) is 39.6 Å². The Hall–Kier alpha value is 0.0500. The van der Waals surface area contributed by atoms with Crippen molar-refractivity contribution in [1.82, 2.24) is 0 Å². The molecule has 0 saturated heterocycles. The van der Waals surface area contributed by atoms with E-state index in [0.717, 1.165) is 6.42 Å². The van der Waals surface area contributed by atoms with Crippen molar-refractivity contribution in [3.05, 3.63) is 0 Å². The van der Waals surface area contributed by atoms with E-state index >= 15 is 0 Å². The number of ether oxygens (including phenoxy) is 2. The molecule has 1 atom stereocenters. The lowest BCUT2D eigenvalue weighted by Gasteiger charge is -2.24. The highest BCUT2D eigenvalue weighted by Gasteiger charge is 2.34. The minimum atomic E-state index is -1.56. The molecule has 78 valence electrons. The Kier molecular flexibility index (Phi) is 6.52. The van der Waals surface area contributed by atoms with Gasteiger partial charge in [-0.3, -0.25) is 0 Å². The Labute approximate surface area is 81.5 Å². The summed E-state index contributed by atoms with van der Waals surface area (Å²) in [7, 11) is -1.56. The summed E-state index contributed by atoms with van der Waals surface area (Å²) in [4.78, 5) is 11.7. The summed E-state index contributed by atoms with van der Waals surface area (Å²) in [6, 6.07) is 0. The zero-order chi connectivity index (χ0) is 10.3. The fourth-order valence-corrected chi connectivity index (χ4v) is 2.21. The van der Waals surface area contributed by atoms with Crippen molar-refractivity contribution in [3.63, 3.8) is 0 Å². The minimum Gasteiger partial charge on any atom is -0.626 e. The van der Waals surface area contributed by atoms with Gasteiger partial charge in [0, 0.05) is 13.3 Å². The third kappa shape index (κ3) is 4.19. The Morgan fingerprint density at radius 3 is 2.00 bits per heavy atom. The Morgan fingerprint density at radius 1 is 1.23 bits per heavy atom. The molecule has 0 aliphatic heterocycles. The van der Waals surface area contributed by atoms with Crippen molar-refractivity contribution >= 4 is 13.6 Å². The molecule has 0 saturated carbocycles. The molecule has 0 radical (unpaired) electrons. The van der Waals surface area contributed by atoms with Gasteiger partial charge in [-0.25, -0.2) is 0 Å². The monoisotopic (exact) mass is 206 g/mol. The highest BCUT2D eigenvalue weighted by atomic mass is 31.1. The molecule has 0 fully saturated rings. The summed E-state index contributed by atoms with van der Waals surface area (Å²) in [5, 5.41) is 0. The first-order valence-corrected chi connectivity index (χ1v) is 6.01. The van der Waals surface area contributed by atoms with Crippen LogP contribution in [0.15, 0.2) is 0 Å². The van der Waals surface area contributed by atoms with Crippen molar-refractivity contribution in [3.8, 4) is 0 Å². The first kappa shape index (κ1) is 13.1. The third-order valence-electron chi connectivity index (χ3n) is 1.57. The summed E-state index contributed by atoms with van der Waals surface area (Å²) in [5.41, 5.74) is -0.936. The maximum absolute atomic E-state index is 11.7. The van der Waals surface area contributed by atoms with E-state index in [2.05, 4.69) is 0 Å². The third-order valence-corrected chi connectivity index (χ3v) is 3.33. The van der Waals surface area contributed by atoms with Gasteiger partial charge in [-0.05, 0) is 13.8 Å². The standard InChI is InChI=1S/C9H19O3P/c1-5-8-13(10)9(4,11-6-2)12-7-3/h8H,5-7H2,1-4H3. The Morgan fingerprint density at radius 2 is 1.69 bits per heavy atom. The Balaban J connectivity index is 4.46. The first-order chi connectivity index (χ1) is 6.10. The van der Waals surface area contributed by atoms with Crippen LogP contribution >= 0.6 is 7.77 Å². The SMILES string of the molecule is CCC=[P+]([O-])C(C)(OCC)OCC. The van der Waals surface area contributed by atoms with Gasteiger partial charge in [0.05, 0.1) is 19.0 Å². The van der Waals surface area contributed by atoms with Gasteiger partial charge in [-0.15, -0.1) is 0 Å².